The molecule has 0 bridgehead atoms. The van der Waals surface area contributed by atoms with Crippen LogP contribution < -0.4 is 10.1 Å². The summed E-state index contributed by atoms with van der Waals surface area (Å²) in [4.78, 5) is 12.1. The molecule has 0 aliphatic rings. The van der Waals surface area contributed by atoms with E-state index in [4.69, 9.17) is 27.9 Å². The molecule has 0 fully saturated rings. The lowest BCUT2D eigenvalue weighted by atomic mass is 10.1. The van der Waals surface area contributed by atoms with Gasteiger partial charge in [-0.1, -0.05) is 23.7 Å². The first-order chi connectivity index (χ1) is 9.63. The van der Waals surface area contributed by atoms with Gasteiger partial charge < -0.3 is 10.1 Å². The van der Waals surface area contributed by atoms with Gasteiger partial charge in [-0.3, -0.25) is 4.79 Å². The molecule has 5 heteroatoms. The first-order valence-electron chi connectivity index (χ1n) is 5.94. The van der Waals surface area contributed by atoms with Crippen molar-refractivity contribution in [2.45, 2.75) is 5.88 Å². The van der Waals surface area contributed by atoms with Crippen molar-refractivity contribution in [3.05, 3.63) is 58.6 Å². The van der Waals surface area contributed by atoms with Crippen molar-refractivity contribution in [3.63, 3.8) is 0 Å². The molecular weight excluding hydrogens is 297 g/mol. The largest absolute Gasteiger partial charge is 0.495 e. The molecule has 0 heterocycles. The molecule has 1 amide bonds. The number of amides is 1. The van der Waals surface area contributed by atoms with E-state index in [9.17, 15) is 4.79 Å². The maximum Gasteiger partial charge on any atom is 0.255 e. The number of halogens is 2. The number of alkyl halides is 1. The molecule has 2 aromatic rings. The number of ether oxygens (including phenoxy) is 1. The number of rotatable bonds is 4. The Morgan fingerprint density at radius 2 is 2.05 bits per heavy atom. The van der Waals surface area contributed by atoms with E-state index in [1.165, 1.54) is 7.11 Å². The molecule has 0 unspecified atom stereocenters. The second-order valence-electron chi connectivity index (χ2n) is 4.14. The summed E-state index contributed by atoms with van der Waals surface area (Å²) in [7, 11) is 1.52. The SMILES string of the molecule is COc1cc(NC(=O)c2cccc(CCl)c2)ccc1Cl. The van der Waals surface area contributed by atoms with Crippen LogP contribution in [0.25, 0.3) is 0 Å². The van der Waals surface area contributed by atoms with E-state index < -0.39 is 0 Å². The Balaban J connectivity index is 2.18. The molecule has 1 N–H and O–H groups in total. The topological polar surface area (TPSA) is 38.3 Å². The summed E-state index contributed by atoms with van der Waals surface area (Å²) in [5.74, 6) is 0.677. The van der Waals surface area contributed by atoms with Crippen LogP contribution in [0.15, 0.2) is 42.5 Å². The minimum absolute atomic E-state index is 0.207. The van der Waals surface area contributed by atoms with Gasteiger partial charge >= 0.3 is 0 Å². The number of hydrogen-bond donors (Lipinski definition) is 1. The molecule has 3 nitrogen and oxygen atoms in total. The molecule has 0 aliphatic carbocycles. The second kappa shape index (κ2) is 6.64. The van der Waals surface area contributed by atoms with E-state index in [-0.39, 0.29) is 5.91 Å². The summed E-state index contributed by atoms with van der Waals surface area (Å²) in [6.45, 7) is 0. The summed E-state index contributed by atoms with van der Waals surface area (Å²) in [5.41, 5.74) is 2.07. The van der Waals surface area contributed by atoms with Gasteiger partial charge in [-0.05, 0) is 29.8 Å². The van der Waals surface area contributed by atoms with Gasteiger partial charge in [-0.15, -0.1) is 11.6 Å². The summed E-state index contributed by atoms with van der Waals surface area (Å²) in [6.07, 6.45) is 0. The Labute approximate surface area is 127 Å². The Kier molecular flexibility index (Phi) is 4.88. The number of benzene rings is 2. The van der Waals surface area contributed by atoms with Crippen molar-refractivity contribution in [2.24, 2.45) is 0 Å². The highest BCUT2D eigenvalue weighted by Gasteiger charge is 2.08. The maximum absolute atomic E-state index is 12.1. The second-order valence-corrected chi connectivity index (χ2v) is 4.81. The van der Waals surface area contributed by atoms with Gasteiger partial charge in [0.2, 0.25) is 0 Å². The van der Waals surface area contributed by atoms with E-state index in [2.05, 4.69) is 5.32 Å². The van der Waals surface area contributed by atoms with Crippen molar-refractivity contribution in [2.75, 3.05) is 12.4 Å². The van der Waals surface area contributed by atoms with Crippen LogP contribution in [0.1, 0.15) is 15.9 Å². The van der Waals surface area contributed by atoms with E-state index in [1.54, 1.807) is 36.4 Å². The third kappa shape index (κ3) is 3.44. The molecule has 104 valence electrons. The first kappa shape index (κ1) is 14.7. The quantitative estimate of drug-likeness (QED) is 0.853. The predicted molar refractivity (Wildman–Crippen MR) is 82.0 cm³/mol. The molecule has 20 heavy (non-hydrogen) atoms. The van der Waals surface area contributed by atoms with Gasteiger partial charge in [0, 0.05) is 23.2 Å². The number of carbonyl (C=O) groups excluding carboxylic acids is 1. The first-order valence-corrected chi connectivity index (χ1v) is 6.85. The molecule has 0 atom stereocenters. The third-order valence-corrected chi connectivity index (χ3v) is 3.37. The summed E-state index contributed by atoms with van der Waals surface area (Å²) in [5, 5.41) is 3.29. The Morgan fingerprint density at radius 1 is 1.25 bits per heavy atom. The third-order valence-electron chi connectivity index (χ3n) is 2.75. The highest BCUT2D eigenvalue weighted by molar-refractivity contribution is 6.32. The average molecular weight is 310 g/mol. The Morgan fingerprint density at radius 3 is 2.75 bits per heavy atom. The van der Waals surface area contributed by atoms with Crippen LogP contribution in [-0.2, 0) is 5.88 Å². The van der Waals surface area contributed by atoms with Gasteiger partial charge in [0.25, 0.3) is 5.91 Å². The normalized spacial score (nSPS) is 10.2. The summed E-state index contributed by atoms with van der Waals surface area (Å²) < 4.78 is 5.11. The van der Waals surface area contributed by atoms with Crippen molar-refractivity contribution in [3.8, 4) is 5.75 Å². The number of hydrogen-bond acceptors (Lipinski definition) is 2. The van der Waals surface area contributed by atoms with Crippen LogP contribution in [0.3, 0.4) is 0 Å². The fourth-order valence-corrected chi connectivity index (χ4v) is 2.10. The highest BCUT2D eigenvalue weighted by atomic mass is 35.5. The van der Waals surface area contributed by atoms with Crippen LogP contribution >= 0.6 is 23.2 Å². The standard InChI is InChI=1S/C15H13Cl2NO2/c1-20-14-8-12(5-6-13(14)17)18-15(19)11-4-2-3-10(7-11)9-16/h2-8H,9H2,1H3,(H,18,19). The van der Waals surface area contributed by atoms with Crippen LogP contribution in [-0.4, -0.2) is 13.0 Å². The Hall–Kier alpha value is -1.71. The molecule has 2 rings (SSSR count). The molecule has 0 spiro atoms. The fraction of sp³-hybridized carbons (Fsp3) is 0.133. The molecule has 0 aromatic heterocycles. The van der Waals surface area contributed by atoms with E-state index in [0.29, 0.717) is 27.9 Å². The van der Waals surface area contributed by atoms with Crippen molar-refractivity contribution in [1.82, 2.24) is 0 Å². The van der Waals surface area contributed by atoms with E-state index >= 15 is 0 Å². The number of anilines is 1. The maximum atomic E-state index is 12.1. The molecule has 0 radical (unpaired) electrons. The monoisotopic (exact) mass is 309 g/mol. The lowest BCUT2D eigenvalue weighted by molar-refractivity contribution is 0.102. The van der Waals surface area contributed by atoms with E-state index in [1.807, 2.05) is 6.07 Å². The van der Waals surface area contributed by atoms with Crippen LogP contribution in [0, 0.1) is 0 Å². The van der Waals surface area contributed by atoms with Crippen LogP contribution in [0.5, 0.6) is 5.75 Å². The zero-order valence-electron chi connectivity index (χ0n) is 10.8. The smallest absolute Gasteiger partial charge is 0.255 e. The molecule has 0 saturated heterocycles. The predicted octanol–water partition coefficient (Wildman–Crippen LogP) is 4.34. The zero-order valence-corrected chi connectivity index (χ0v) is 12.3. The lowest BCUT2D eigenvalue weighted by Crippen LogP contribution is -2.12. The van der Waals surface area contributed by atoms with Gasteiger partial charge in [0.15, 0.2) is 0 Å². The summed E-state index contributed by atoms with van der Waals surface area (Å²) >= 11 is 11.7. The van der Waals surface area contributed by atoms with Gasteiger partial charge in [-0.2, -0.15) is 0 Å². The van der Waals surface area contributed by atoms with Crippen LogP contribution in [0.4, 0.5) is 5.69 Å². The molecule has 0 saturated carbocycles. The number of methoxy groups -OCH3 is 1. The highest BCUT2D eigenvalue weighted by Crippen LogP contribution is 2.27. The zero-order chi connectivity index (χ0) is 14.5. The summed E-state index contributed by atoms with van der Waals surface area (Å²) in [6, 6.07) is 12.2. The van der Waals surface area contributed by atoms with Gasteiger partial charge in [0.1, 0.15) is 5.75 Å². The van der Waals surface area contributed by atoms with E-state index in [0.717, 1.165) is 5.56 Å². The van der Waals surface area contributed by atoms with Crippen molar-refractivity contribution >= 4 is 34.8 Å². The Bertz CT molecular complexity index is 629. The minimum Gasteiger partial charge on any atom is -0.495 e. The molecular formula is C15H13Cl2NO2. The van der Waals surface area contributed by atoms with Crippen molar-refractivity contribution in [1.29, 1.82) is 0 Å². The average Bonchev–Trinajstić information content (AvgIpc) is 2.49. The van der Waals surface area contributed by atoms with Crippen molar-refractivity contribution < 1.29 is 9.53 Å². The number of nitrogens with one attached hydrogen (secondary N) is 1. The molecule has 0 aliphatic heterocycles. The minimum atomic E-state index is -0.207. The van der Waals surface area contributed by atoms with Crippen LogP contribution in [0.2, 0.25) is 5.02 Å². The fourth-order valence-electron chi connectivity index (χ4n) is 1.74. The number of carbonyl (C=O) groups is 1. The lowest BCUT2D eigenvalue weighted by Gasteiger charge is -2.09. The van der Waals surface area contributed by atoms with Gasteiger partial charge in [0.05, 0.1) is 12.1 Å². The molecule has 2 aromatic carbocycles. The van der Waals surface area contributed by atoms with Gasteiger partial charge in [-0.25, -0.2) is 0 Å².